The van der Waals surface area contributed by atoms with E-state index < -0.39 is 0 Å². The van der Waals surface area contributed by atoms with E-state index in [1.165, 1.54) is 35.8 Å². The summed E-state index contributed by atoms with van der Waals surface area (Å²) in [6.07, 6.45) is 6.55. The minimum atomic E-state index is 0.568. The van der Waals surface area contributed by atoms with Gasteiger partial charge < -0.3 is 5.32 Å². The Hall–Kier alpha value is -0.350. The highest BCUT2D eigenvalue weighted by Gasteiger charge is 2.27. The van der Waals surface area contributed by atoms with E-state index in [-0.39, 0.29) is 0 Å². The minimum absolute atomic E-state index is 0.568. The van der Waals surface area contributed by atoms with E-state index >= 15 is 0 Å². The van der Waals surface area contributed by atoms with E-state index in [0.29, 0.717) is 6.04 Å². The average Bonchev–Trinajstić information content (AvgIpc) is 2.63. The number of hydrogen-bond donors (Lipinski definition) is 1. The van der Waals surface area contributed by atoms with Crippen LogP contribution in [-0.4, -0.2) is 22.9 Å². The van der Waals surface area contributed by atoms with E-state index in [0.717, 1.165) is 24.0 Å². The monoisotopic (exact) mass is 327 g/mol. The first-order chi connectivity index (χ1) is 9.02. The summed E-state index contributed by atoms with van der Waals surface area (Å²) in [5.41, 5.74) is 2.40. The SMILES string of the molecule is CNC(Cc1c(Br)c(C)nn1C)C1CCC(C)CC1. The van der Waals surface area contributed by atoms with Crippen molar-refractivity contribution in [2.75, 3.05) is 7.05 Å². The van der Waals surface area contributed by atoms with Crippen molar-refractivity contribution in [2.45, 2.75) is 52.0 Å². The van der Waals surface area contributed by atoms with Gasteiger partial charge in [-0.25, -0.2) is 0 Å². The number of hydrogen-bond acceptors (Lipinski definition) is 2. The molecule has 0 aromatic carbocycles. The van der Waals surface area contributed by atoms with Crippen LogP contribution in [0.5, 0.6) is 0 Å². The van der Waals surface area contributed by atoms with Gasteiger partial charge in [-0.15, -0.1) is 0 Å². The van der Waals surface area contributed by atoms with Crippen LogP contribution in [0.25, 0.3) is 0 Å². The number of likely N-dealkylation sites (N-methyl/N-ethyl adjacent to an activating group) is 1. The van der Waals surface area contributed by atoms with E-state index in [9.17, 15) is 0 Å². The summed E-state index contributed by atoms with van der Waals surface area (Å²) in [5.74, 6) is 1.72. The van der Waals surface area contributed by atoms with Gasteiger partial charge in [0.05, 0.1) is 15.9 Å². The Morgan fingerprint density at radius 2 is 2.00 bits per heavy atom. The van der Waals surface area contributed by atoms with Gasteiger partial charge in [-0.1, -0.05) is 19.8 Å². The second-order valence-corrected chi connectivity index (χ2v) is 6.88. The van der Waals surface area contributed by atoms with Crippen molar-refractivity contribution < 1.29 is 0 Å². The third-order valence-electron chi connectivity index (χ3n) is 4.68. The molecule has 0 radical (unpaired) electrons. The van der Waals surface area contributed by atoms with Crippen LogP contribution in [-0.2, 0) is 13.5 Å². The van der Waals surface area contributed by atoms with Crippen LogP contribution < -0.4 is 5.32 Å². The summed E-state index contributed by atoms with van der Waals surface area (Å²) in [4.78, 5) is 0. The average molecular weight is 328 g/mol. The van der Waals surface area contributed by atoms with Gasteiger partial charge in [0.1, 0.15) is 0 Å². The fourth-order valence-electron chi connectivity index (χ4n) is 3.30. The zero-order valence-corrected chi connectivity index (χ0v) is 14.1. The van der Waals surface area contributed by atoms with E-state index in [1.807, 2.05) is 11.7 Å². The Bertz CT molecular complexity index is 419. The normalized spacial score (nSPS) is 25.5. The molecule has 1 aliphatic rings. The summed E-state index contributed by atoms with van der Waals surface area (Å²) >= 11 is 3.68. The fourth-order valence-corrected chi connectivity index (χ4v) is 3.80. The molecule has 2 rings (SSSR count). The second-order valence-electron chi connectivity index (χ2n) is 6.09. The zero-order valence-electron chi connectivity index (χ0n) is 12.5. The third-order valence-corrected chi connectivity index (χ3v) is 5.71. The van der Waals surface area contributed by atoms with Crippen LogP contribution >= 0.6 is 15.9 Å². The highest BCUT2D eigenvalue weighted by molar-refractivity contribution is 9.10. The quantitative estimate of drug-likeness (QED) is 0.917. The summed E-state index contributed by atoms with van der Waals surface area (Å²) in [7, 11) is 4.14. The van der Waals surface area contributed by atoms with Gasteiger partial charge >= 0.3 is 0 Å². The third kappa shape index (κ3) is 3.40. The number of halogens is 1. The summed E-state index contributed by atoms with van der Waals surface area (Å²) < 4.78 is 3.20. The summed E-state index contributed by atoms with van der Waals surface area (Å²) in [6.45, 7) is 4.44. The Morgan fingerprint density at radius 3 is 2.47 bits per heavy atom. The Morgan fingerprint density at radius 1 is 1.37 bits per heavy atom. The van der Waals surface area contributed by atoms with Gasteiger partial charge in [0.25, 0.3) is 0 Å². The van der Waals surface area contributed by atoms with Gasteiger partial charge in [-0.05, 0) is 54.6 Å². The van der Waals surface area contributed by atoms with Crippen molar-refractivity contribution in [3.05, 3.63) is 15.9 Å². The molecule has 1 atom stereocenters. The molecule has 1 unspecified atom stereocenters. The number of rotatable bonds is 4. The largest absolute Gasteiger partial charge is 0.316 e. The maximum Gasteiger partial charge on any atom is 0.0738 e. The first-order valence-corrected chi connectivity index (χ1v) is 8.17. The van der Waals surface area contributed by atoms with Crippen LogP contribution in [0.4, 0.5) is 0 Å². The van der Waals surface area contributed by atoms with Crippen molar-refractivity contribution in [2.24, 2.45) is 18.9 Å². The van der Waals surface area contributed by atoms with Crippen molar-refractivity contribution in [3.8, 4) is 0 Å². The molecule has 19 heavy (non-hydrogen) atoms. The molecule has 0 saturated heterocycles. The first kappa shape index (κ1) is 15.0. The van der Waals surface area contributed by atoms with Gasteiger partial charge in [-0.2, -0.15) is 5.10 Å². The standard InChI is InChI=1S/C15H26BrN3/c1-10-5-7-12(8-6-10)13(17-3)9-14-15(16)11(2)18-19(14)4/h10,12-13,17H,5-9H2,1-4H3. The van der Waals surface area contributed by atoms with E-state index in [4.69, 9.17) is 0 Å². The zero-order chi connectivity index (χ0) is 14.0. The molecule has 1 aliphatic carbocycles. The summed E-state index contributed by atoms with van der Waals surface area (Å²) in [6, 6.07) is 0.568. The molecular formula is C15H26BrN3. The lowest BCUT2D eigenvalue weighted by Gasteiger charge is -2.32. The molecule has 0 bridgehead atoms. The molecular weight excluding hydrogens is 302 g/mol. The molecule has 0 amide bonds. The lowest BCUT2D eigenvalue weighted by molar-refractivity contribution is 0.233. The highest BCUT2D eigenvalue weighted by Crippen LogP contribution is 2.32. The van der Waals surface area contributed by atoms with Crippen LogP contribution in [0, 0.1) is 18.8 Å². The Balaban J connectivity index is 2.06. The lowest BCUT2D eigenvalue weighted by Crippen LogP contribution is -2.38. The molecule has 1 N–H and O–H groups in total. The van der Waals surface area contributed by atoms with Crippen LogP contribution in [0.2, 0.25) is 0 Å². The van der Waals surface area contributed by atoms with Crippen molar-refractivity contribution in [3.63, 3.8) is 0 Å². The summed E-state index contributed by atoms with van der Waals surface area (Å²) in [5, 5.41) is 8.03. The van der Waals surface area contributed by atoms with Crippen molar-refractivity contribution in [1.29, 1.82) is 0 Å². The van der Waals surface area contributed by atoms with E-state index in [2.05, 4.69) is 47.2 Å². The molecule has 0 spiro atoms. The van der Waals surface area contributed by atoms with E-state index in [1.54, 1.807) is 0 Å². The molecule has 108 valence electrons. The predicted molar refractivity (Wildman–Crippen MR) is 83.3 cm³/mol. The Labute approximate surface area is 125 Å². The number of aryl methyl sites for hydroxylation is 2. The lowest BCUT2D eigenvalue weighted by atomic mass is 9.78. The van der Waals surface area contributed by atoms with Crippen molar-refractivity contribution >= 4 is 15.9 Å². The molecule has 1 aromatic rings. The second kappa shape index (κ2) is 6.40. The molecule has 1 heterocycles. The molecule has 1 aromatic heterocycles. The van der Waals surface area contributed by atoms with Gasteiger partial charge in [-0.3, -0.25) is 4.68 Å². The van der Waals surface area contributed by atoms with Crippen LogP contribution in [0.3, 0.4) is 0 Å². The maximum absolute atomic E-state index is 4.50. The molecule has 0 aliphatic heterocycles. The highest BCUT2D eigenvalue weighted by atomic mass is 79.9. The predicted octanol–water partition coefficient (Wildman–Crippen LogP) is 3.45. The molecule has 3 nitrogen and oxygen atoms in total. The molecule has 4 heteroatoms. The molecule has 1 saturated carbocycles. The minimum Gasteiger partial charge on any atom is -0.316 e. The Kier molecular flexibility index (Phi) is 5.07. The number of nitrogens with zero attached hydrogens (tertiary/aromatic N) is 2. The smallest absolute Gasteiger partial charge is 0.0738 e. The van der Waals surface area contributed by atoms with Crippen molar-refractivity contribution in [1.82, 2.24) is 15.1 Å². The topological polar surface area (TPSA) is 29.9 Å². The fraction of sp³-hybridized carbons (Fsp3) is 0.800. The van der Waals surface area contributed by atoms with Gasteiger partial charge in [0.15, 0.2) is 0 Å². The van der Waals surface area contributed by atoms with Crippen LogP contribution in [0.1, 0.15) is 44.0 Å². The molecule has 1 fully saturated rings. The first-order valence-electron chi connectivity index (χ1n) is 7.38. The van der Waals surface area contributed by atoms with Gasteiger partial charge in [0, 0.05) is 19.5 Å². The van der Waals surface area contributed by atoms with Crippen LogP contribution in [0.15, 0.2) is 4.47 Å². The maximum atomic E-state index is 4.50. The number of nitrogens with one attached hydrogen (secondary N) is 1. The number of aromatic nitrogens is 2. The van der Waals surface area contributed by atoms with Gasteiger partial charge in [0.2, 0.25) is 0 Å².